The lowest BCUT2D eigenvalue weighted by Crippen LogP contribution is -2.28. The van der Waals surface area contributed by atoms with Crippen molar-refractivity contribution in [3.05, 3.63) is 24.0 Å². The van der Waals surface area contributed by atoms with Gasteiger partial charge in [0.25, 0.3) is 0 Å². The fraction of sp³-hybridized carbons (Fsp3) is 0.500. The molecule has 0 aliphatic rings. The van der Waals surface area contributed by atoms with Gasteiger partial charge in [0, 0.05) is 13.1 Å². The number of nitrogens with zero attached hydrogens (tertiary/aromatic N) is 3. The van der Waals surface area contributed by atoms with Gasteiger partial charge in [-0.3, -0.25) is 0 Å². The minimum atomic E-state index is 0.468. The van der Waals surface area contributed by atoms with E-state index in [9.17, 15) is 0 Å². The third kappa shape index (κ3) is 2.95. The Morgan fingerprint density at radius 1 is 1.53 bits per heavy atom. The summed E-state index contributed by atoms with van der Waals surface area (Å²) >= 11 is 0. The van der Waals surface area contributed by atoms with E-state index < -0.39 is 0 Å². The first-order chi connectivity index (χ1) is 7.19. The first kappa shape index (κ1) is 11.5. The van der Waals surface area contributed by atoms with Gasteiger partial charge >= 0.3 is 0 Å². The molecule has 0 N–H and O–H groups in total. The van der Waals surface area contributed by atoms with Gasteiger partial charge in [0.05, 0.1) is 11.9 Å². The van der Waals surface area contributed by atoms with Crippen molar-refractivity contribution in [2.75, 3.05) is 11.9 Å². The van der Waals surface area contributed by atoms with Gasteiger partial charge in [-0.25, -0.2) is 4.98 Å². The van der Waals surface area contributed by atoms with Crippen molar-refractivity contribution in [3.63, 3.8) is 0 Å². The lowest BCUT2D eigenvalue weighted by Gasteiger charge is -2.26. The van der Waals surface area contributed by atoms with Crippen LogP contribution in [0.25, 0.3) is 0 Å². The average Bonchev–Trinajstić information content (AvgIpc) is 2.28. The van der Waals surface area contributed by atoms with Crippen LogP contribution >= 0.6 is 0 Å². The molecule has 1 atom stereocenters. The summed E-state index contributed by atoms with van der Waals surface area (Å²) in [5.74, 6) is 0. The van der Waals surface area contributed by atoms with Crippen LogP contribution in [0.5, 0.6) is 0 Å². The molecule has 0 amide bonds. The number of hydrogen-bond donors (Lipinski definition) is 0. The van der Waals surface area contributed by atoms with Crippen LogP contribution in [0.4, 0.5) is 5.69 Å². The van der Waals surface area contributed by atoms with Gasteiger partial charge in [-0.05, 0) is 25.5 Å². The lowest BCUT2D eigenvalue weighted by molar-refractivity contribution is 0.615. The van der Waals surface area contributed by atoms with Crippen molar-refractivity contribution in [1.29, 1.82) is 5.26 Å². The molecule has 0 radical (unpaired) electrons. The van der Waals surface area contributed by atoms with E-state index in [4.69, 9.17) is 5.26 Å². The maximum absolute atomic E-state index is 8.63. The van der Waals surface area contributed by atoms with Gasteiger partial charge in [0.1, 0.15) is 11.8 Å². The van der Waals surface area contributed by atoms with Gasteiger partial charge in [0.2, 0.25) is 0 Å². The van der Waals surface area contributed by atoms with Crippen LogP contribution in [-0.2, 0) is 0 Å². The van der Waals surface area contributed by atoms with E-state index in [-0.39, 0.29) is 0 Å². The second-order valence-corrected chi connectivity index (χ2v) is 3.76. The normalized spacial score (nSPS) is 11.9. The Morgan fingerprint density at radius 2 is 2.27 bits per heavy atom. The van der Waals surface area contributed by atoms with Gasteiger partial charge in [0.15, 0.2) is 0 Å². The van der Waals surface area contributed by atoms with Crippen molar-refractivity contribution in [1.82, 2.24) is 4.98 Å². The maximum Gasteiger partial charge on any atom is 0.140 e. The smallest absolute Gasteiger partial charge is 0.140 e. The van der Waals surface area contributed by atoms with Crippen LogP contribution < -0.4 is 4.90 Å². The molecular formula is C12H17N3. The fourth-order valence-electron chi connectivity index (χ4n) is 1.53. The molecule has 1 aromatic heterocycles. The van der Waals surface area contributed by atoms with E-state index in [2.05, 4.69) is 30.8 Å². The quantitative estimate of drug-likeness (QED) is 0.755. The summed E-state index contributed by atoms with van der Waals surface area (Å²) in [6.07, 6.45) is 4.09. The molecule has 15 heavy (non-hydrogen) atoms. The second-order valence-electron chi connectivity index (χ2n) is 3.76. The zero-order chi connectivity index (χ0) is 11.3. The molecule has 3 nitrogen and oxygen atoms in total. The second kappa shape index (κ2) is 5.35. The van der Waals surface area contributed by atoms with E-state index in [0.29, 0.717) is 11.7 Å². The maximum atomic E-state index is 8.63. The largest absolute Gasteiger partial charge is 0.371 e. The zero-order valence-electron chi connectivity index (χ0n) is 9.57. The molecule has 1 aromatic rings. The van der Waals surface area contributed by atoms with Gasteiger partial charge in [-0.1, -0.05) is 13.3 Å². The Balaban J connectivity index is 2.74. The highest BCUT2D eigenvalue weighted by atomic mass is 15.1. The highest BCUT2D eigenvalue weighted by Crippen LogP contribution is 2.16. The Kier molecular flexibility index (Phi) is 4.11. The van der Waals surface area contributed by atoms with Crippen LogP contribution in [0.3, 0.4) is 0 Å². The Hall–Kier alpha value is -1.56. The summed E-state index contributed by atoms with van der Waals surface area (Å²) < 4.78 is 0. The van der Waals surface area contributed by atoms with Crippen LogP contribution in [0.2, 0.25) is 0 Å². The molecule has 0 aliphatic heterocycles. The topological polar surface area (TPSA) is 39.9 Å². The number of pyridine rings is 1. The highest BCUT2D eigenvalue weighted by molar-refractivity contribution is 5.45. The molecule has 1 heterocycles. The lowest BCUT2D eigenvalue weighted by atomic mass is 10.1. The molecule has 0 aliphatic carbocycles. The third-order valence-electron chi connectivity index (χ3n) is 2.64. The standard InChI is InChI=1S/C12H17N3/c1-4-5-10(2)15(3)12-7-6-11(8-13)14-9-12/h6-7,9-10H,4-5H2,1-3H3. The first-order valence-electron chi connectivity index (χ1n) is 5.28. The number of anilines is 1. The van der Waals surface area contributed by atoms with E-state index in [1.165, 1.54) is 6.42 Å². The Bertz CT molecular complexity index is 337. The zero-order valence-corrected chi connectivity index (χ0v) is 9.57. The average molecular weight is 203 g/mol. The van der Waals surface area contributed by atoms with Crippen LogP contribution in [-0.4, -0.2) is 18.1 Å². The molecule has 80 valence electrons. The molecule has 0 spiro atoms. The molecule has 0 aromatic carbocycles. The number of aromatic nitrogens is 1. The van der Waals surface area contributed by atoms with Crippen molar-refractivity contribution >= 4 is 5.69 Å². The summed E-state index contributed by atoms with van der Waals surface area (Å²) in [4.78, 5) is 6.25. The molecule has 1 unspecified atom stereocenters. The number of rotatable bonds is 4. The van der Waals surface area contributed by atoms with Crippen molar-refractivity contribution < 1.29 is 0 Å². The van der Waals surface area contributed by atoms with E-state index in [0.717, 1.165) is 12.1 Å². The summed E-state index contributed by atoms with van der Waals surface area (Å²) in [6, 6.07) is 6.22. The van der Waals surface area contributed by atoms with E-state index >= 15 is 0 Å². The fourth-order valence-corrected chi connectivity index (χ4v) is 1.53. The minimum absolute atomic E-state index is 0.468. The third-order valence-corrected chi connectivity index (χ3v) is 2.64. The molecule has 3 heteroatoms. The van der Waals surface area contributed by atoms with Crippen LogP contribution in [0.15, 0.2) is 18.3 Å². The summed E-state index contributed by atoms with van der Waals surface area (Å²) in [5, 5.41) is 8.63. The van der Waals surface area contributed by atoms with E-state index in [1.54, 1.807) is 12.3 Å². The number of nitriles is 1. The summed E-state index contributed by atoms with van der Waals surface area (Å²) in [5.41, 5.74) is 1.53. The molecular weight excluding hydrogens is 186 g/mol. The van der Waals surface area contributed by atoms with Crippen LogP contribution in [0, 0.1) is 11.3 Å². The molecule has 0 saturated carbocycles. The summed E-state index contributed by atoms with van der Waals surface area (Å²) in [6.45, 7) is 4.38. The summed E-state index contributed by atoms with van der Waals surface area (Å²) in [7, 11) is 2.06. The predicted octanol–water partition coefficient (Wildman–Crippen LogP) is 2.58. The van der Waals surface area contributed by atoms with Crippen molar-refractivity contribution in [2.24, 2.45) is 0 Å². The predicted molar refractivity (Wildman–Crippen MR) is 61.7 cm³/mol. The van der Waals surface area contributed by atoms with Crippen LogP contribution in [0.1, 0.15) is 32.4 Å². The minimum Gasteiger partial charge on any atom is -0.371 e. The molecule has 1 rings (SSSR count). The van der Waals surface area contributed by atoms with Gasteiger partial charge in [-0.15, -0.1) is 0 Å². The van der Waals surface area contributed by atoms with Gasteiger partial charge in [-0.2, -0.15) is 5.26 Å². The highest BCUT2D eigenvalue weighted by Gasteiger charge is 2.08. The Labute approximate surface area is 91.4 Å². The van der Waals surface area contributed by atoms with Crippen molar-refractivity contribution in [2.45, 2.75) is 32.7 Å². The molecule has 0 bridgehead atoms. The first-order valence-corrected chi connectivity index (χ1v) is 5.28. The van der Waals surface area contributed by atoms with Gasteiger partial charge < -0.3 is 4.90 Å². The Morgan fingerprint density at radius 3 is 2.73 bits per heavy atom. The SMILES string of the molecule is CCCC(C)N(C)c1ccc(C#N)nc1. The van der Waals surface area contributed by atoms with Crippen molar-refractivity contribution in [3.8, 4) is 6.07 Å². The van der Waals surface area contributed by atoms with E-state index in [1.807, 2.05) is 12.1 Å². The number of hydrogen-bond acceptors (Lipinski definition) is 3. The molecule has 0 fully saturated rings. The monoisotopic (exact) mass is 203 g/mol. The molecule has 0 saturated heterocycles.